The zero-order valence-electron chi connectivity index (χ0n) is 8.14. The van der Waals surface area contributed by atoms with Crippen LogP contribution >= 0.6 is 11.6 Å². The van der Waals surface area contributed by atoms with Crippen molar-refractivity contribution in [3.8, 4) is 5.75 Å². The van der Waals surface area contributed by atoms with Crippen LogP contribution in [-0.2, 0) is 0 Å². The van der Waals surface area contributed by atoms with Gasteiger partial charge in [-0.25, -0.2) is 0 Å². The fourth-order valence-corrected chi connectivity index (χ4v) is 1.53. The summed E-state index contributed by atoms with van der Waals surface area (Å²) in [7, 11) is 0. The van der Waals surface area contributed by atoms with E-state index in [2.05, 4.69) is 9.72 Å². The minimum atomic E-state index is -4.79. The Hall–Kier alpha value is -1.69. The lowest BCUT2D eigenvalue weighted by molar-refractivity contribution is -0.274. The molecule has 0 aliphatic carbocycles. The van der Waals surface area contributed by atoms with Gasteiger partial charge in [-0.1, -0.05) is 11.6 Å². The first-order valence-corrected chi connectivity index (χ1v) is 4.81. The standard InChI is InChI=1S/C10H5ClF3NO2/c11-7-4-15-8-2-1-5(17-10(12,13)14)3-6(8)9(7)16/h1-4H,(H,15,16). The van der Waals surface area contributed by atoms with Gasteiger partial charge in [-0.3, -0.25) is 4.79 Å². The number of pyridine rings is 1. The molecule has 1 aromatic heterocycles. The number of benzene rings is 1. The molecule has 0 atom stereocenters. The molecule has 1 heterocycles. The van der Waals surface area contributed by atoms with Crippen molar-refractivity contribution in [3.05, 3.63) is 39.6 Å². The zero-order chi connectivity index (χ0) is 12.6. The van der Waals surface area contributed by atoms with E-state index in [0.717, 1.165) is 12.1 Å². The second-order valence-corrected chi connectivity index (χ2v) is 3.63. The van der Waals surface area contributed by atoms with Gasteiger partial charge in [0.15, 0.2) is 0 Å². The maximum atomic E-state index is 12.0. The van der Waals surface area contributed by atoms with E-state index in [1.165, 1.54) is 12.3 Å². The minimum absolute atomic E-state index is 0.0410. The van der Waals surface area contributed by atoms with Crippen molar-refractivity contribution in [2.24, 2.45) is 0 Å². The summed E-state index contributed by atoms with van der Waals surface area (Å²) in [6.07, 6.45) is -3.52. The molecule has 0 saturated heterocycles. The predicted molar refractivity (Wildman–Crippen MR) is 56.3 cm³/mol. The molecule has 1 aromatic carbocycles. The summed E-state index contributed by atoms with van der Waals surface area (Å²) in [5, 5.41) is -0.0547. The monoisotopic (exact) mass is 263 g/mol. The highest BCUT2D eigenvalue weighted by atomic mass is 35.5. The third-order valence-corrected chi connectivity index (χ3v) is 2.32. The van der Waals surface area contributed by atoms with Crippen molar-refractivity contribution in [2.75, 3.05) is 0 Å². The lowest BCUT2D eigenvalue weighted by atomic mass is 10.2. The molecule has 7 heteroatoms. The fourth-order valence-electron chi connectivity index (χ4n) is 1.37. The van der Waals surface area contributed by atoms with Gasteiger partial charge >= 0.3 is 6.36 Å². The number of alkyl halides is 3. The van der Waals surface area contributed by atoms with Crippen LogP contribution in [0.3, 0.4) is 0 Å². The second-order valence-electron chi connectivity index (χ2n) is 3.22. The Bertz CT molecular complexity index is 621. The first-order valence-electron chi connectivity index (χ1n) is 4.43. The van der Waals surface area contributed by atoms with E-state index >= 15 is 0 Å². The van der Waals surface area contributed by atoms with Gasteiger partial charge in [-0.2, -0.15) is 0 Å². The summed E-state index contributed by atoms with van der Waals surface area (Å²) < 4.78 is 39.7. The van der Waals surface area contributed by atoms with E-state index in [1.807, 2.05) is 0 Å². The third-order valence-electron chi connectivity index (χ3n) is 2.04. The average molecular weight is 264 g/mol. The lowest BCUT2D eigenvalue weighted by Gasteiger charge is -2.09. The predicted octanol–water partition coefficient (Wildman–Crippen LogP) is 3.08. The van der Waals surface area contributed by atoms with Crippen LogP contribution in [0.2, 0.25) is 5.02 Å². The van der Waals surface area contributed by atoms with Gasteiger partial charge in [-0.05, 0) is 18.2 Å². The Labute approximate surface area is 97.8 Å². The molecule has 0 saturated carbocycles. The second kappa shape index (κ2) is 3.96. The van der Waals surface area contributed by atoms with Crippen LogP contribution in [0.1, 0.15) is 0 Å². The molecule has 0 amide bonds. The van der Waals surface area contributed by atoms with Crippen molar-refractivity contribution in [1.82, 2.24) is 4.98 Å². The highest BCUT2D eigenvalue weighted by Gasteiger charge is 2.31. The largest absolute Gasteiger partial charge is 0.573 e. The quantitative estimate of drug-likeness (QED) is 0.859. The minimum Gasteiger partial charge on any atom is -0.406 e. The number of fused-ring (bicyclic) bond motifs is 1. The number of hydrogen-bond acceptors (Lipinski definition) is 2. The number of H-pyrrole nitrogens is 1. The van der Waals surface area contributed by atoms with E-state index in [-0.39, 0.29) is 10.4 Å². The highest BCUT2D eigenvalue weighted by molar-refractivity contribution is 6.31. The fraction of sp³-hybridized carbons (Fsp3) is 0.100. The van der Waals surface area contributed by atoms with Crippen molar-refractivity contribution in [2.45, 2.75) is 6.36 Å². The molecule has 17 heavy (non-hydrogen) atoms. The molecule has 0 aliphatic heterocycles. The maximum absolute atomic E-state index is 12.0. The number of aromatic nitrogens is 1. The van der Waals surface area contributed by atoms with Crippen LogP contribution < -0.4 is 10.2 Å². The topological polar surface area (TPSA) is 42.1 Å². The summed E-state index contributed by atoms with van der Waals surface area (Å²) in [5.41, 5.74) is -0.165. The molecule has 0 spiro atoms. The van der Waals surface area contributed by atoms with E-state index in [0.29, 0.717) is 5.52 Å². The Balaban J connectivity index is 2.57. The van der Waals surface area contributed by atoms with E-state index in [1.54, 1.807) is 0 Å². The van der Waals surface area contributed by atoms with Crippen LogP contribution in [0.5, 0.6) is 5.75 Å². The Morgan fingerprint density at radius 3 is 2.65 bits per heavy atom. The molecule has 1 N–H and O–H groups in total. The summed E-state index contributed by atoms with van der Waals surface area (Å²) in [5.74, 6) is -0.460. The molecular formula is C10H5ClF3NO2. The Morgan fingerprint density at radius 2 is 2.00 bits per heavy atom. The summed E-state index contributed by atoms with van der Waals surface area (Å²) in [6.45, 7) is 0. The summed E-state index contributed by atoms with van der Waals surface area (Å²) in [6, 6.07) is 3.42. The van der Waals surface area contributed by atoms with Crippen LogP contribution in [0.25, 0.3) is 10.9 Å². The van der Waals surface area contributed by atoms with Crippen LogP contribution in [-0.4, -0.2) is 11.3 Å². The third kappa shape index (κ3) is 2.52. The molecule has 2 rings (SSSR count). The molecule has 0 aliphatic rings. The van der Waals surface area contributed by atoms with Gasteiger partial charge < -0.3 is 9.72 Å². The van der Waals surface area contributed by atoms with Crippen molar-refractivity contribution in [1.29, 1.82) is 0 Å². The summed E-state index contributed by atoms with van der Waals surface area (Å²) >= 11 is 5.57. The summed E-state index contributed by atoms with van der Waals surface area (Å²) in [4.78, 5) is 14.2. The van der Waals surface area contributed by atoms with Gasteiger partial charge in [0.1, 0.15) is 10.8 Å². The number of rotatable bonds is 1. The SMILES string of the molecule is O=c1c(Cl)c[nH]c2ccc(OC(F)(F)F)cc12. The molecule has 0 bridgehead atoms. The van der Waals surface area contributed by atoms with Crippen LogP contribution in [0.15, 0.2) is 29.2 Å². The smallest absolute Gasteiger partial charge is 0.406 e. The van der Waals surface area contributed by atoms with Crippen molar-refractivity contribution >= 4 is 22.5 Å². The van der Waals surface area contributed by atoms with Crippen LogP contribution in [0, 0.1) is 0 Å². The number of nitrogens with one attached hydrogen (secondary N) is 1. The van der Waals surface area contributed by atoms with Gasteiger partial charge in [-0.15, -0.1) is 13.2 Å². The van der Waals surface area contributed by atoms with Gasteiger partial charge in [0.05, 0.1) is 5.39 Å². The van der Waals surface area contributed by atoms with E-state index in [9.17, 15) is 18.0 Å². The first-order chi connectivity index (χ1) is 7.87. The Kier molecular flexibility index (Phi) is 2.74. The molecule has 0 unspecified atom stereocenters. The average Bonchev–Trinajstić information content (AvgIpc) is 2.22. The molecule has 90 valence electrons. The maximum Gasteiger partial charge on any atom is 0.573 e. The van der Waals surface area contributed by atoms with Crippen LogP contribution in [0.4, 0.5) is 13.2 Å². The van der Waals surface area contributed by atoms with E-state index in [4.69, 9.17) is 11.6 Å². The molecule has 2 aromatic rings. The molecule has 3 nitrogen and oxygen atoms in total. The normalized spacial score (nSPS) is 11.8. The van der Waals surface area contributed by atoms with Gasteiger partial charge in [0.2, 0.25) is 5.43 Å². The van der Waals surface area contributed by atoms with Crippen molar-refractivity contribution < 1.29 is 17.9 Å². The first kappa shape index (κ1) is 11.8. The number of aromatic amines is 1. The number of hydrogen-bond donors (Lipinski definition) is 1. The van der Waals surface area contributed by atoms with Gasteiger partial charge in [0, 0.05) is 11.7 Å². The number of ether oxygens (including phenoxy) is 1. The molecule has 0 radical (unpaired) electrons. The highest BCUT2D eigenvalue weighted by Crippen LogP contribution is 2.25. The number of halogens is 4. The van der Waals surface area contributed by atoms with Crippen molar-refractivity contribution in [3.63, 3.8) is 0 Å². The van der Waals surface area contributed by atoms with Gasteiger partial charge in [0.25, 0.3) is 0 Å². The zero-order valence-corrected chi connectivity index (χ0v) is 8.89. The molecular weight excluding hydrogens is 259 g/mol. The van der Waals surface area contributed by atoms with E-state index < -0.39 is 17.5 Å². The Morgan fingerprint density at radius 1 is 1.29 bits per heavy atom. The lowest BCUT2D eigenvalue weighted by Crippen LogP contribution is -2.17. The molecule has 0 fully saturated rings.